The minimum atomic E-state index is 0.149. The molecule has 1 aromatic heterocycles. The van der Waals surface area contributed by atoms with E-state index in [1.54, 1.807) is 18.2 Å². The van der Waals surface area contributed by atoms with Crippen molar-refractivity contribution in [3.63, 3.8) is 0 Å². The Labute approximate surface area is 82.4 Å². The molecule has 0 radical (unpaired) electrons. The van der Waals surface area contributed by atoms with Crippen LogP contribution < -0.4 is 0 Å². The number of benzene rings is 1. The van der Waals surface area contributed by atoms with Crippen LogP contribution in [0.15, 0.2) is 33.5 Å². The molecule has 0 aliphatic rings. The lowest BCUT2D eigenvalue weighted by Crippen LogP contribution is -1.78. The first-order chi connectivity index (χ1) is 6.27. The minimum Gasteiger partial charge on any atom is -0.507 e. The van der Waals surface area contributed by atoms with E-state index in [0.29, 0.717) is 15.9 Å². The highest BCUT2D eigenvalue weighted by Crippen LogP contribution is 2.28. The molecule has 0 bridgehead atoms. The SMILES string of the molecule is Oc1cc(-c2nnco2)ccc1Br. The summed E-state index contributed by atoms with van der Waals surface area (Å²) in [6.07, 6.45) is 1.24. The van der Waals surface area contributed by atoms with Gasteiger partial charge in [0.15, 0.2) is 0 Å². The van der Waals surface area contributed by atoms with Crippen LogP contribution in [0, 0.1) is 0 Å². The summed E-state index contributed by atoms with van der Waals surface area (Å²) >= 11 is 3.18. The van der Waals surface area contributed by atoms with Crippen LogP contribution in [0.3, 0.4) is 0 Å². The average molecular weight is 241 g/mol. The Balaban J connectivity index is 2.49. The van der Waals surface area contributed by atoms with Crippen LogP contribution in [-0.4, -0.2) is 15.3 Å². The first-order valence-corrected chi connectivity index (χ1v) is 4.32. The maximum atomic E-state index is 9.36. The molecule has 0 atom stereocenters. The Morgan fingerprint density at radius 3 is 2.85 bits per heavy atom. The topological polar surface area (TPSA) is 59.2 Å². The molecule has 1 N–H and O–H groups in total. The van der Waals surface area contributed by atoms with Crippen LogP contribution in [0.5, 0.6) is 5.75 Å². The largest absolute Gasteiger partial charge is 0.507 e. The second-order valence-electron chi connectivity index (χ2n) is 2.41. The molecule has 1 heterocycles. The molecule has 0 saturated heterocycles. The smallest absolute Gasteiger partial charge is 0.247 e. The number of nitrogens with zero attached hydrogens (tertiary/aromatic N) is 2. The molecule has 0 amide bonds. The van der Waals surface area contributed by atoms with E-state index in [-0.39, 0.29) is 5.75 Å². The normalized spacial score (nSPS) is 10.2. The molecule has 4 nitrogen and oxygen atoms in total. The Kier molecular flexibility index (Phi) is 2.02. The average Bonchev–Trinajstić information content (AvgIpc) is 2.62. The number of phenolic OH excluding ortho intramolecular Hbond substituents is 1. The molecule has 2 aromatic rings. The van der Waals surface area contributed by atoms with Gasteiger partial charge in [0.1, 0.15) is 5.75 Å². The van der Waals surface area contributed by atoms with E-state index in [4.69, 9.17) is 4.42 Å². The quantitative estimate of drug-likeness (QED) is 0.831. The molecule has 1 aromatic carbocycles. The number of hydrogen-bond donors (Lipinski definition) is 1. The van der Waals surface area contributed by atoms with E-state index in [1.165, 1.54) is 6.39 Å². The highest BCUT2D eigenvalue weighted by atomic mass is 79.9. The Hall–Kier alpha value is -1.36. The number of aromatic nitrogens is 2. The molecule has 13 heavy (non-hydrogen) atoms. The van der Waals surface area contributed by atoms with Crippen LogP contribution in [0.2, 0.25) is 0 Å². The first kappa shape index (κ1) is 8.25. The molecular weight excluding hydrogens is 236 g/mol. The van der Waals surface area contributed by atoms with Gasteiger partial charge in [0, 0.05) is 5.56 Å². The molecule has 5 heteroatoms. The fourth-order valence-corrected chi connectivity index (χ4v) is 1.19. The second-order valence-corrected chi connectivity index (χ2v) is 3.26. The fraction of sp³-hybridized carbons (Fsp3) is 0. The second kappa shape index (κ2) is 3.18. The number of aromatic hydroxyl groups is 1. The van der Waals surface area contributed by atoms with Crippen molar-refractivity contribution in [1.29, 1.82) is 0 Å². The molecule has 0 aliphatic heterocycles. The van der Waals surface area contributed by atoms with E-state index in [1.807, 2.05) is 0 Å². The minimum absolute atomic E-state index is 0.149. The molecule has 2 rings (SSSR count). The monoisotopic (exact) mass is 240 g/mol. The van der Waals surface area contributed by atoms with Gasteiger partial charge in [-0.15, -0.1) is 10.2 Å². The Bertz CT molecular complexity index is 414. The maximum Gasteiger partial charge on any atom is 0.247 e. The van der Waals surface area contributed by atoms with Crippen molar-refractivity contribution in [3.05, 3.63) is 29.1 Å². The van der Waals surface area contributed by atoms with Gasteiger partial charge in [-0.2, -0.15) is 0 Å². The van der Waals surface area contributed by atoms with Gasteiger partial charge < -0.3 is 9.52 Å². The van der Waals surface area contributed by atoms with E-state index in [9.17, 15) is 5.11 Å². The summed E-state index contributed by atoms with van der Waals surface area (Å²) in [4.78, 5) is 0. The van der Waals surface area contributed by atoms with Gasteiger partial charge in [0.25, 0.3) is 0 Å². The van der Waals surface area contributed by atoms with E-state index < -0.39 is 0 Å². The van der Waals surface area contributed by atoms with Crippen molar-refractivity contribution < 1.29 is 9.52 Å². The predicted molar refractivity (Wildman–Crippen MR) is 49.1 cm³/mol. The molecule has 0 spiro atoms. The Morgan fingerprint density at radius 1 is 1.38 bits per heavy atom. The van der Waals surface area contributed by atoms with Gasteiger partial charge in [-0.05, 0) is 34.1 Å². The van der Waals surface area contributed by atoms with Crippen LogP contribution >= 0.6 is 15.9 Å². The molecule has 0 fully saturated rings. The lowest BCUT2D eigenvalue weighted by molar-refractivity contribution is 0.471. The molecule has 0 unspecified atom stereocenters. The van der Waals surface area contributed by atoms with Gasteiger partial charge >= 0.3 is 0 Å². The van der Waals surface area contributed by atoms with Crippen molar-refractivity contribution in [2.75, 3.05) is 0 Å². The van der Waals surface area contributed by atoms with Crippen molar-refractivity contribution >= 4 is 15.9 Å². The third-order valence-corrected chi connectivity index (χ3v) is 2.22. The summed E-state index contributed by atoms with van der Waals surface area (Å²) in [7, 11) is 0. The lowest BCUT2D eigenvalue weighted by atomic mass is 10.2. The van der Waals surface area contributed by atoms with Gasteiger partial charge in [0.2, 0.25) is 12.3 Å². The number of rotatable bonds is 1. The molecule has 0 saturated carbocycles. The van der Waals surface area contributed by atoms with E-state index in [0.717, 1.165) is 0 Å². The third-order valence-electron chi connectivity index (χ3n) is 1.55. The third kappa shape index (κ3) is 1.55. The summed E-state index contributed by atoms with van der Waals surface area (Å²) in [6.45, 7) is 0. The van der Waals surface area contributed by atoms with E-state index in [2.05, 4.69) is 26.1 Å². The molecule has 0 aliphatic carbocycles. The van der Waals surface area contributed by atoms with Gasteiger partial charge in [-0.25, -0.2) is 0 Å². The van der Waals surface area contributed by atoms with Gasteiger partial charge in [-0.1, -0.05) is 0 Å². The van der Waals surface area contributed by atoms with Gasteiger partial charge in [0.05, 0.1) is 4.47 Å². The summed E-state index contributed by atoms with van der Waals surface area (Å²) in [6, 6.07) is 5.05. The van der Waals surface area contributed by atoms with Crippen molar-refractivity contribution in [2.24, 2.45) is 0 Å². The lowest BCUT2D eigenvalue weighted by Gasteiger charge is -1.97. The zero-order valence-corrected chi connectivity index (χ0v) is 8.02. The predicted octanol–water partition coefficient (Wildman–Crippen LogP) is 2.20. The summed E-state index contributed by atoms with van der Waals surface area (Å²) in [5.74, 6) is 0.540. The number of halogens is 1. The molecular formula is C8H5BrN2O2. The highest BCUT2D eigenvalue weighted by Gasteiger charge is 2.05. The zero-order chi connectivity index (χ0) is 9.26. The van der Waals surface area contributed by atoms with Crippen molar-refractivity contribution in [1.82, 2.24) is 10.2 Å². The van der Waals surface area contributed by atoms with E-state index >= 15 is 0 Å². The zero-order valence-electron chi connectivity index (χ0n) is 6.44. The van der Waals surface area contributed by atoms with Crippen molar-refractivity contribution in [2.45, 2.75) is 0 Å². The Morgan fingerprint density at radius 2 is 2.23 bits per heavy atom. The van der Waals surface area contributed by atoms with Crippen LogP contribution in [-0.2, 0) is 0 Å². The van der Waals surface area contributed by atoms with Gasteiger partial charge in [-0.3, -0.25) is 0 Å². The van der Waals surface area contributed by atoms with Crippen LogP contribution in [0.25, 0.3) is 11.5 Å². The van der Waals surface area contributed by atoms with Crippen molar-refractivity contribution in [3.8, 4) is 17.2 Å². The summed E-state index contributed by atoms with van der Waals surface area (Å²) < 4.78 is 5.60. The highest BCUT2D eigenvalue weighted by molar-refractivity contribution is 9.10. The summed E-state index contributed by atoms with van der Waals surface area (Å²) in [5.41, 5.74) is 0.693. The summed E-state index contributed by atoms with van der Waals surface area (Å²) in [5, 5.41) is 16.6. The number of hydrogen-bond acceptors (Lipinski definition) is 4. The standard InChI is InChI=1S/C8H5BrN2O2/c9-6-2-1-5(3-7(6)12)8-11-10-4-13-8/h1-4,12H. The van der Waals surface area contributed by atoms with Crippen LogP contribution in [0.1, 0.15) is 0 Å². The van der Waals surface area contributed by atoms with Crippen LogP contribution in [0.4, 0.5) is 0 Å². The fourth-order valence-electron chi connectivity index (χ4n) is 0.945. The molecule has 66 valence electrons. The first-order valence-electron chi connectivity index (χ1n) is 3.52. The number of phenols is 1. The maximum absolute atomic E-state index is 9.36.